The molecule has 1 saturated heterocycles. The number of nitrogens with zero attached hydrogens (tertiary/aromatic N) is 1. The molecule has 2 atom stereocenters. The Bertz CT molecular complexity index is 462. The van der Waals surface area contributed by atoms with Gasteiger partial charge < -0.3 is 15.7 Å². The monoisotopic (exact) mass is 252 g/mol. The van der Waals surface area contributed by atoms with Crippen LogP contribution in [0.1, 0.15) is 23.7 Å². The summed E-state index contributed by atoms with van der Waals surface area (Å²) in [5.74, 6) is -0.852. The molecular weight excluding hydrogens is 235 g/mol. The van der Waals surface area contributed by atoms with E-state index in [9.17, 15) is 14.3 Å². The molecule has 0 aliphatic carbocycles. The van der Waals surface area contributed by atoms with Crippen molar-refractivity contribution in [1.29, 1.82) is 0 Å². The SMILES string of the molecule is CC(N)C1CCN(C(=O)c2ccc(F)cc2O)C1. The van der Waals surface area contributed by atoms with Gasteiger partial charge in [0.1, 0.15) is 11.6 Å². The number of aromatic hydroxyl groups is 1. The Hall–Kier alpha value is -1.62. The molecule has 0 saturated carbocycles. The van der Waals surface area contributed by atoms with E-state index in [1.54, 1.807) is 4.90 Å². The van der Waals surface area contributed by atoms with Crippen LogP contribution in [-0.4, -0.2) is 35.0 Å². The number of phenolic OH excluding ortho intramolecular Hbond substituents is 1. The van der Waals surface area contributed by atoms with Crippen molar-refractivity contribution in [1.82, 2.24) is 4.90 Å². The highest BCUT2D eigenvalue weighted by Crippen LogP contribution is 2.24. The lowest BCUT2D eigenvalue weighted by Gasteiger charge is -2.18. The largest absolute Gasteiger partial charge is 0.507 e. The fraction of sp³-hybridized carbons (Fsp3) is 0.462. The average Bonchev–Trinajstić information content (AvgIpc) is 2.77. The summed E-state index contributed by atoms with van der Waals surface area (Å²) in [6, 6.07) is 3.48. The first-order valence-electron chi connectivity index (χ1n) is 6.02. The van der Waals surface area contributed by atoms with Gasteiger partial charge in [-0.25, -0.2) is 4.39 Å². The number of hydrogen-bond donors (Lipinski definition) is 2. The quantitative estimate of drug-likeness (QED) is 0.834. The van der Waals surface area contributed by atoms with Crippen molar-refractivity contribution in [2.45, 2.75) is 19.4 Å². The third-order valence-corrected chi connectivity index (χ3v) is 3.45. The van der Waals surface area contributed by atoms with Gasteiger partial charge in [-0.05, 0) is 31.4 Å². The second-order valence-electron chi connectivity index (χ2n) is 4.82. The van der Waals surface area contributed by atoms with Crippen molar-refractivity contribution in [2.75, 3.05) is 13.1 Å². The number of halogens is 1. The van der Waals surface area contributed by atoms with Crippen molar-refractivity contribution < 1.29 is 14.3 Å². The Balaban J connectivity index is 2.13. The fourth-order valence-corrected chi connectivity index (χ4v) is 2.26. The number of hydrogen-bond acceptors (Lipinski definition) is 3. The summed E-state index contributed by atoms with van der Waals surface area (Å²) < 4.78 is 12.9. The van der Waals surface area contributed by atoms with Crippen LogP contribution in [0, 0.1) is 11.7 Å². The van der Waals surface area contributed by atoms with Crippen LogP contribution in [0.15, 0.2) is 18.2 Å². The molecular formula is C13H17FN2O2. The number of carbonyl (C=O) groups excluding carboxylic acids is 1. The zero-order chi connectivity index (χ0) is 13.3. The first kappa shape index (κ1) is 12.8. The lowest BCUT2D eigenvalue weighted by molar-refractivity contribution is 0.0783. The minimum Gasteiger partial charge on any atom is -0.507 e. The van der Waals surface area contributed by atoms with Gasteiger partial charge >= 0.3 is 0 Å². The van der Waals surface area contributed by atoms with Crippen LogP contribution in [0.3, 0.4) is 0 Å². The number of amides is 1. The summed E-state index contributed by atoms with van der Waals surface area (Å²) in [4.78, 5) is 13.8. The first-order valence-corrected chi connectivity index (χ1v) is 6.02. The maximum atomic E-state index is 12.9. The molecule has 5 heteroatoms. The van der Waals surface area contributed by atoms with Crippen molar-refractivity contribution >= 4 is 5.91 Å². The summed E-state index contributed by atoms with van der Waals surface area (Å²) in [5.41, 5.74) is 5.95. The number of phenols is 1. The second-order valence-corrected chi connectivity index (χ2v) is 4.82. The van der Waals surface area contributed by atoms with E-state index in [-0.39, 0.29) is 29.2 Å². The van der Waals surface area contributed by atoms with E-state index in [1.165, 1.54) is 12.1 Å². The van der Waals surface area contributed by atoms with Gasteiger partial charge in [-0.2, -0.15) is 0 Å². The molecule has 98 valence electrons. The highest BCUT2D eigenvalue weighted by Gasteiger charge is 2.29. The van der Waals surface area contributed by atoms with Gasteiger partial charge in [0, 0.05) is 25.2 Å². The molecule has 0 bridgehead atoms. The van der Waals surface area contributed by atoms with Gasteiger partial charge in [0.15, 0.2) is 0 Å². The zero-order valence-electron chi connectivity index (χ0n) is 10.3. The molecule has 1 aliphatic heterocycles. The molecule has 2 rings (SSSR count). The normalized spacial score (nSPS) is 21.1. The van der Waals surface area contributed by atoms with E-state index in [2.05, 4.69) is 0 Å². The van der Waals surface area contributed by atoms with Crippen molar-refractivity contribution in [3.8, 4) is 5.75 Å². The van der Waals surface area contributed by atoms with E-state index in [0.717, 1.165) is 12.5 Å². The number of carbonyl (C=O) groups is 1. The summed E-state index contributed by atoms with van der Waals surface area (Å²) in [6.07, 6.45) is 0.866. The lowest BCUT2D eigenvalue weighted by Crippen LogP contribution is -2.33. The molecule has 4 nitrogen and oxygen atoms in total. The minimum atomic E-state index is -0.557. The van der Waals surface area contributed by atoms with Crippen LogP contribution in [0.5, 0.6) is 5.75 Å². The molecule has 1 aromatic rings. The summed E-state index contributed by atoms with van der Waals surface area (Å²) >= 11 is 0. The highest BCUT2D eigenvalue weighted by molar-refractivity contribution is 5.96. The summed E-state index contributed by atoms with van der Waals surface area (Å²) in [7, 11) is 0. The van der Waals surface area contributed by atoms with Crippen LogP contribution < -0.4 is 5.73 Å². The Morgan fingerprint density at radius 1 is 1.61 bits per heavy atom. The van der Waals surface area contributed by atoms with Crippen molar-refractivity contribution in [2.24, 2.45) is 11.7 Å². The fourth-order valence-electron chi connectivity index (χ4n) is 2.26. The average molecular weight is 252 g/mol. The molecule has 0 aromatic heterocycles. The van der Waals surface area contributed by atoms with Crippen LogP contribution in [0.2, 0.25) is 0 Å². The lowest BCUT2D eigenvalue weighted by atomic mass is 10.0. The molecule has 1 amide bonds. The first-order chi connectivity index (χ1) is 8.49. The van der Waals surface area contributed by atoms with E-state index in [0.29, 0.717) is 13.1 Å². The van der Waals surface area contributed by atoms with E-state index >= 15 is 0 Å². The molecule has 1 heterocycles. The molecule has 1 aromatic carbocycles. The Kier molecular flexibility index (Phi) is 3.52. The Labute approximate surface area is 105 Å². The molecule has 3 N–H and O–H groups in total. The van der Waals surface area contributed by atoms with Gasteiger partial charge in [0.05, 0.1) is 5.56 Å². The van der Waals surface area contributed by atoms with Gasteiger partial charge in [-0.3, -0.25) is 4.79 Å². The Morgan fingerprint density at radius 2 is 2.33 bits per heavy atom. The van der Waals surface area contributed by atoms with Crippen LogP contribution in [0.25, 0.3) is 0 Å². The van der Waals surface area contributed by atoms with Gasteiger partial charge in [0.25, 0.3) is 5.91 Å². The Morgan fingerprint density at radius 3 is 2.89 bits per heavy atom. The van der Waals surface area contributed by atoms with E-state index in [1.807, 2.05) is 6.92 Å². The number of likely N-dealkylation sites (tertiary alicyclic amines) is 1. The highest BCUT2D eigenvalue weighted by atomic mass is 19.1. The van der Waals surface area contributed by atoms with Gasteiger partial charge in [-0.15, -0.1) is 0 Å². The molecule has 0 spiro atoms. The van der Waals surface area contributed by atoms with Crippen molar-refractivity contribution in [3.63, 3.8) is 0 Å². The summed E-state index contributed by atoms with van der Waals surface area (Å²) in [6.45, 7) is 3.14. The number of rotatable bonds is 2. The molecule has 1 fully saturated rings. The molecule has 2 unspecified atom stereocenters. The summed E-state index contributed by atoms with van der Waals surface area (Å²) in [5, 5.41) is 9.58. The standard InChI is InChI=1S/C13H17FN2O2/c1-8(15)9-4-5-16(7-9)13(18)11-3-2-10(14)6-12(11)17/h2-3,6,8-9,17H,4-5,7,15H2,1H3. The third-order valence-electron chi connectivity index (χ3n) is 3.45. The predicted octanol–water partition coefficient (Wildman–Crippen LogP) is 1.34. The van der Waals surface area contributed by atoms with Crippen LogP contribution >= 0.6 is 0 Å². The third kappa shape index (κ3) is 2.46. The van der Waals surface area contributed by atoms with Crippen molar-refractivity contribution in [3.05, 3.63) is 29.6 Å². The zero-order valence-corrected chi connectivity index (χ0v) is 10.3. The van der Waals surface area contributed by atoms with Gasteiger partial charge in [-0.1, -0.05) is 0 Å². The van der Waals surface area contributed by atoms with E-state index in [4.69, 9.17) is 5.73 Å². The smallest absolute Gasteiger partial charge is 0.257 e. The predicted molar refractivity (Wildman–Crippen MR) is 65.7 cm³/mol. The van der Waals surface area contributed by atoms with Gasteiger partial charge in [0.2, 0.25) is 0 Å². The maximum Gasteiger partial charge on any atom is 0.257 e. The molecule has 18 heavy (non-hydrogen) atoms. The number of nitrogens with two attached hydrogens (primary N) is 1. The molecule has 1 aliphatic rings. The second kappa shape index (κ2) is 4.94. The van der Waals surface area contributed by atoms with Crippen LogP contribution in [0.4, 0.5) is 4.39 Å². The van der Waals surface area contributed by atoms with E-state index < -0.39 is 5.82 Å². The number of benzene rings is 1. The maximum absolute atomic E-state index is 12.9. The topological polar surface area (TPSA) is 66.6 Å². The van der Waals surface area contributed by atoms with Crippen LogP contribution in [-0.2, 0) is 0 Å². The molecule has 0 radical (unpaired) electrons. The minimum absolute atomic E-state index is 0.0459.